The van der Waals surface area contributed by atoms with Gasteiger partial charge in [-0.05, 0) is 30.9 Å². The van der Waals surface area contributed by atoms with Crippen LogP contribution in [0.5, 0.6) is 0 Å². The monoisotopic (exact) mass is 265 g/mol. The maximum atomic E-state index is 11.4. The third-order valence-corrected chi connectivity index (χ3v) is 4.08. The minimum Gasteiger partial charge on any atom is -0.356 e. The number of amides is 1. The topological polar surface area (TPSA) is 45.2 Å². The number of piperidine rings is 2. The van der Waals surface area contributed by atoms with E-state index in [-0.39, 0.29) is 5.91 Å². The first-order valence-corrected chi connectivity index (χ1v) is 6.76. The predicted octanol–water partition coefficient (Wildman–Crippen LogP) is 1.84. The molecule has 0 saturated carbocycles. The number of carbonyl (C=O) groups excluding carboxylic acids is 1. The summed E-state index contributed by atoms with van der Waals surface area (Å²) in [7, 11) is 0. The number of aromatic nitrogens is 1. The molecule has 2 aliphatic rings. The molecule has 96 valence electrons. The van der Waals surface area contributed by atoms with Crippen molar-refractivity contribution in [2.45, 2.75) is 25.3 Å². The van der Waals surface area contributed by atoms with Gasteiger partial charge >= 0.3 is 0 Å². The van der Waals surface area contributed by atoms with Crippen LogP contribution < -0.4 is 10.2 Å². The summed E-state index contributed by atoms with van der Waals surface area (Å²) in [6, 6.07) is 4.19. The molecule has 0 aromatic carbocycles. The summed E-state index contributed by atoms with van der Waals surface area (Å²) in [5.74, 6) is 1.73. The van der Waals surface area contributed by atoms with Gasteiger partial charge in [0.1, 0.15) is 5.82 Å². The normalized spacial score (nSPS) is 27.6. The Morgan fingerprint density at radius 3 is 3.06 bits per heavy atom. The summed E-state index contributed by atoms with van der Waals surface area (Å²) in [6.45, 7) is 1.91. The molecule has 3 heterocycles. The lowest BCUT2D eigenvalue weighted by Crippen LogP contribution is -2.54. The average Bonchev–Trinajstić information content (AvgIpc) is 2.39. The third-order valence-electron chi connectivity index (χ3n) is 3.86. The van der Waals surface area contributed by atoms with Crippen LogP contribution in [0.3, 0.4) is 0 Å². The minimum atomic E-state index is 0.203. The van der Waals surface area contributed by atoms with Crippen molar-refractivity contribution in [2.24, 2.45) is 5.92 Å². The Hall–Kier alpha value is -1.29. The lowest BCUT2D eigenvalue weighted by Gasteiger charge is -2.41. The van der Waals surface area contributed by atoms with Crippen molar-refractivity contribution in [1.82, 2.24) is 10.3 Å². The van der Waals surface area contributed by atoms with E-state index in [0.29, 0.717) is 23.4 Å². The maximum Gasteiger partial charge on any atom is 0.220 e. The summed E-state index contributed by atoms with van der Waals surface area (Å²) in [4.78, 5) is 18.0. The zero-order chi connectivity index (χ0) is 12.5. The van der Waals surface area contributed by atoms with E-state index >= 15 is 0 Å². The van der Waals surface area contributed by atoms with Crippen molar-refractivity contribution < 1.29 is 4.79 Å². The van der Waals surface area contributed by atoms with Gasteiger partial charge in [-0.25, -0.2) is 4.98 Å². The van der Waals surface area contributed by atoms with E-state index in [4.69, 9.17) is 11.6 Å². The largest absolute Gasteiger partial charge is 0.356 e. The first-order valence-electron chi connectivity index (χ1n) is 6.38. The SMILES string of the molecule is O=C1CCC2CN(c3ccc(Cl)cn3)CCC2N1. The number of nitrogens with one attached hydrogen (secondary N) is 1. The van der Waals surface area contributed by atoms with Gasteiger partial charge in [-0.3, -0.25) is 4.79 Å². The zero-order valence-corrected chi connectivity index (χ0v) is 10.9. The van der Waals surface area contributed by atoms with Gasteiger partial charge in [-0.1, -0.05) is 11.6 Å². The van der Waals surface area contributed by atoms with Gasteiger partial charge in [-0.2, -0.15) is 0 Å². The van der Waals surface area contributed by atoms with E-state index in [1.165, 1.54) is 0 Å². The van der Waals surface area contributed by atoms with Crippen molar-refractivity contribution in [3.05, 3.63) is 23.4 Å². The summed E-state index contributed by atoms with van der Waals surface area (Å²) in [5.41, 5.74) is 0. The van der Waals surface area contributed by atoms with Crippen molar-refractivity contribution in [3.63, 3.8) is 0 Å². The van der Waals surface area contributed by atoms with Gasteiger partial charge in [-0.15, -0.1) is 0 Å². The van der Waals surface area contributed by atoms with E-state index in [1.54, 1.807) is 6.20 Å². The molecule has 0 bridgehead atoms. The van der Waals surface area contributed by atoms with Crippen LogP contribution in [0.2, 0.25) is 5.02 Å². The quantitative estimate of drug-likeness (QED) is 0.843. The fourth-order valence-electron chi connectivity index (χ4n) is 2.87. The molecule has 0 radical (unpaired) electrons. The molecule has 1 N–H and O–H groups in total. The van der Waals surface area contributed by atoms with Crippen LogP contribution in [0.4, 0.5) is 5.82 Å². The second kappa shape index (κ2) is 4.76. The highest BCUT2D eigenvalue weighted by Gasteiger charge is 2.33. The fourth-order valence-corrected chi connectivity index (χ4v) is 2.99. The molecule has 2 fully saturated rings. The molecule has 0 spiro atoms. The molecule has 1 aromatic rings. The van der Waals surface area contributed by atoms with Gasteiger partial charge < -0.3 is 10.2 Å². The number of fused-ring (bicyclic) bond motifs is 1. The van der Waals surface area contributed by atoms with Crippen LogP contribution in [-0.4, -0.2) is 30.0 Å². The standard InChI is InChI=1S/C13H16ClN3O/c14-10-2-3-12(15-7-10)17-6-5-11-9(8-17)1-4-13(18)16-11/h2-3,7,9,11H,1,4-6,8H2,(H,16,18). The van der Waals surface area contributed by atoms with Crippen LogP contribution in [0.25, 0.3) is 0 Å². The molecule has 18 heavy (non-hydrogen) atoms. The maximum absolute atomic E-state index is 11.4. The lowest BCUT2D eigenvalue weighted by atomic mass is 9.85. The number of rotatable bonds is 1. The molecule has 2 saturated heterocycles. The highest BCUT2D eigenvalue weighted by molar-refractivity contribution is 6.30. The van der Waals surface area contributed by atoms with E-state index in [9.17, 15) is 4.79 Å². The molecule has 4 nitrogen and oxygen atoms in total. The molecule has 3 rings (SSSR count). The zero-order valence-electron chi connectivity index (χ0n) is 10.1. The first-order chi connectivity index (χ1) is 8.72. The fraction of sp³-hybridized carbons (Fsp3) is 0.538. The van der Waals surface area contributed by atoms with Crippen molar-refractivity contribution in [1.29, 1.82) is 0 Å². The van der Waals surface area contributed by atoms with Crippen molar-refractivity contribution in [3.8, 4) is 0 Å². The van der Waals surface area contributed by atoms with Crippen LogP contribution in [0.1, 0.15) is 19.3 Å². The Morgan fingerprint density at radius 1 is 1.39 bits per heavy atom. The second-order valence-corrected chi connectivity index (χ2v) is 5.48. The molecule has 5 heteroatoms. The number of carbonyl (C=O) groups is 1. The van der Waals surface area contributed by atoms with Gasteiger partial charge in [0.05, 0.1) is 5.02 Å². The van der Waals surface area contributed by atoms with E-state index in [1.807, 2.05) is 12.1 Å². The summed E-state index contributed by atoms with van der Waals surface area (Å²) >= 11 is 5.85. The molecule has 2 atom stereocenters. The Bertz CT molecular complexity index is 448. The van der Waals surface area contributed by atoms with Crippen LogP contribution in [-0.2, 0) is 4.79 Å². The Balaban J connectivity index is 1.70. The summed E-state index contributed by atoms with van der Waals surface area (Å²) in [5, 5.41) is 3.76. The minimum absolute atomic E-state index is 0.203. The molecule has 1 aromatic heterocycles. The lowest BCUT2D eigenvalue weighted by molar-refractivity contribution is -0.124. The van der Waals surface area contributed by atoms with Gasteiger partial charge in [0, 0.05) is 31.7 Å². The predicted molar refractivity (Wildman–Crippen MR) is 70.7 cm³/mol. The summed E-state index contributed by atoms with van der Waals surface area (Å²) < 4.78 is 0. The number of halogens is 1. The average molecular weight is 266 g/mol. The number of nitrogens with zero attached hydrogens (tertiary/aromatic N) is 2. The number of pyridine rings is 1. The Kier molecular flexibility index (Phi) is 3.12. The first kappa shape index (κ1) is 11.8. The summed E-state index contributed by atoms with van der Waals surface area (Å²) in [6.07, 6.45) is 4.33. The number of anilines is 1. The highest BCUT2D eigenvalue weighted by Crippen LogP contribution is 2.28. The van der Waals surface area contributed by atoms with E-state index in [0.717, 1.165) is 31.7 Å². The molecular weight excluding hydrogens is 250 g/mol. The van der Waals surface area contributed by atoms with Crippen LogP contribution >= 0.6 is 11.6 Å². The second-order valence-electron chi connectivity index (χ2n) is 5.04. The molecular formula is C13H16ClN3O. The van der Waals surface area contributed by atoms with Gasteiger partial charge in [0.15, 0.2) is 0 Å². The Morgan fingerprint density at radius 2 is 2.28 bits per heavy atom. The van der Waals surface area contributed by atoms with Crippen LogP contribution in [0.15, 0.2) is 18.3 Å². The highest BCUT2D eigenvalue weighted by atomic mass is 35.5. The molecule has 1 amide bonds. The van der Waals surface area contributed by atoms with E-state index < -0.39 is 0 Å². The molecule has 0 aliphatic carbocycles. The van der Waals surface area contributed by atoms with E-state index in [2.05, 4.69) is 15.2 Å². The van der Waals surface area contributed by atoms with Gasteiger partial charge in [0.2, 0.25) is 5.91 Å². The van der Waals surface area contributed by atoms with Crippen LogP contribution in [0, 0.1) is 5.92 Å². The Labute approximate surface area is 111 Å². The van der Waals surface area contributed by atoms with Crippen molar-refractivity contribution >= 4 is 23.3 Å². The molecule has 2 aliphatic heterocycles. The third kappa shape index (κ3) is 2.29. The van der Waals surface area contributed by atoms with Gasteiger partial charge in [0.25, 0.3) is 0 Å². The van der Waals surface area contributed by atoms with Crippen molar-refractivity contribution in [2.75, 3.05) is 18.0 Å². The molecule has 2 unspecified atom stereocenters. The smallest absolute Gasteiger partial charge is 0.220 e. The number of hydrogen-bond donors (Lipinski definition) is 1. The number of hydrogen-bond acceptors (Lipinski definition) is 3.